The summed E-state index contributed by atoms with van der Waals surface area (Å²) in [4.78, 5) is 22.5. The smallest absolute Gasteiger partial charge is 0.223 e. The third kappa shape index (κ3) is 2.92. The van der Waals surface area contributed by atoms with Crippen molar-refractivity contribution in [2.45, 2.75) is 44.9 Å². The molecule has 1 N–H and O–H groups in total. The molecule has 0 unspecified atom stereocenters. The van der Waals surface area contributed by atoms with Crippen molar-refractivity contribution in [1.82, 2.24) is 14.9 Å². The molecule has 3 rings (SSSR count). The van der Waals surface area contributed by atoms with Crippen molar-refractivity contribution in [3.05, 3.63) is 17.5 Å². The summed E-state index contributed by atoms with van der Waals surface area (Å²) in [5.41, 5.74) is 2.19. The van der Waals surface area contributed by atoms with Crippen molar-refractivity contribution in [3.63, 3.8) is 0 Å². The zero-order valence-corrected chi connectivity index (χ0v) is 12.1. The van der Waals surface area contributed by atoms with Gasteiger partial charge in [0.25, 0.3) is 0 Å². The van der Waals surface area contributed by atoms with Gasteiger partial charge in [-0.25, -0.2) is 9.97 Å². The zero-order chi connectivity index (χ0) is 13.9. The van der Waals surface area contributed by atoms with E-state index in [2.05, 4.69) is 21.4 Å². The van der Waals surface area contributed by atoms with E-state index in [9.17, 15) is 4.79 Å². The van der Waals surface area contributed by atoms with Crippen molar-refractivity contribution < 1.29 is 4.79 Å². The van der Waals surface area contributed by atoms with Crippen LogP contribution in [0.3, 0.4) is 0 Å². The van der Waals surface area contributed by atoms with Crippen molar-refractivity contribution in [3.8, 4) is 0 Å². The third-order valence-electron chi connectivity index (χ3n) is 4.23. The van der Waals surface area contributed by atoms with E-state index in [0.717, 1.165) is 31.7 Å². The second-order valence-electron chi connectivity index (χ2n) is 5.80. The number of hydrogen-bond acceptors (Lipinski definition) is 4. The van der Waals surface area contributed by atoms with E-state index in [1.807, 2.05) is 11.8 Å². The molecule has 0 spiro atoms. The lowest BCUT2D eigenvalue weighted by Gasteiger charge is -2.25. The molecule has 108 valence electrons. The molecular formula is C15H22N4O. The van der Waals surface area contributed by atoms with E-state index in [0.29, 0.717) is 18.3 Å². The summed E-state index contributed by atoms with van der Waals surface area (Å²) in [5, 5.41) is 3.26. The third-order valence-corrected chi connectivity index (χ3v) is 4.23. The van der Waals surface area contributed by atoms with E-state index in [-0.39, 0.29) is 5.91 Å². The molecule has 5 heteroatoms. The molecule has 0 aromatic carbocycles. The van der Waals surface area contributed by atoms with Crippen molar-refractivity contribution in [2.75, 3.05) is 25.0 Å². The fraction of sp³-hybridized carbons (Fsp3) is 0.667. The average molecular weight is 274 g/mol. The van der Waals surface area contributed by atoms with Crippen LogP contribution in [-0.2, 0) is 4.79 Å². The highest BCUT2D eigenvalue weighted by Gasteiger charge is 2.22. The van der Waals surface area contributed by atoms with E-state index < -0.39 is 0 Å². The Balaban J connectivity index is 1.56. The zero-order valence-electron chi connectivity index (χ0n) is 12.1. The topological polar surface area (TPSA) is 58.1 Å². The van der Waals surface area contributed by atoms with Gasteiger partial charge in [0.2, 0.25) is 11.9 Å². The van der Waals surface area contributed by atoms with Gasteiger partial charge in [-0.2, -0.15) is 0 Å². The molecule has 2 fully saturated rings. The van der Waals surface area contributed by atoms with E-state index in [1.165, 1.54) is 25.0 Å². The number of carbonyl (C=O) groups is 1. The largest absolute Gasteiger partial charge is 0.352 e. The lowest BCUT2D eigenvalue weighted by Crippen LogP contribution is -2.30. The molecule has 1 aliphatic carbocycles. The Labute approximate surface area is 119 Å². The van der Waals surface area contributed by atoms with E-state index in [4.69, 9.17) is 0 Å². The number of hydrogen-bond donors (Lipinski definition) is 1. The Morgan fingerprint density at radius 2 is 2.20 bits per heavy atom. The van der Waals surface area contributed by atoms with Gasteiger partial charge in [0, 0.05) is 43.4 Å². The van der Waals surface area contributed by atoms with Gasteiger partial charge in [0.1, 0.15) is 0 Å². The van der Waals surface area contributed by atoms with E-state index >= 15 is 0 Å². The highest BCUT2D eigenvalue weighted by molar-refractivity contribution is 5.78. The number of aryl methyl sites for hydroxylation is 1. The van der Waals surface area contributed by atoms with Crippen LogP contribution in [-0.4, -0.2) is 40.4 Å². The summed E-state index contributed by atoms with van der Waals surface area (Å²) in [6.07, 6.45) is 5.50. The van der Waals surface area contributed by atoms with Gasteiger partial charge in [-0.3, -0.25) is 4.79 Å². The molecule has 1 amide bonds. The molecule has 5 nitrogen and oxygen atoms in total. The first-order valence-electron chi connectivity index (χ1n) is 7.59. The summed E-state index contributed by atoms with van der Waals surface area (Å²) in [6, 6.07) is 2.10. The standard InChI is InChI=1S/C15H22N4O/c1-11-10-13(12-4-2-5-12)18-15(17-11)16-7-9-19-8-3-6-14(19)20/h10,12H,2-9H2,1H3,(H,16,17,18). The van der Waals surface area contributed by atoms with Crippen LogP contribution in [0.2, 0.25) is 0 Å². The molecule has 1 saturated carbocycles. The first-order valence-corrected chi connectivity index (χ1v) is 7.59. The number of nitrogens with one attached hydrogen (secondary N) is 1. The van der Waals surface area contributed by atoms with Crippen LogP contribution < -0.4 is 5.32 Å². The maximum Gasteiger partial charge on any atom is 0.223 e. The molecule has 1 aliphatic heterocycles. The highest BCUT2D eigenvalue weighted by Crippen LogP contribution is 2.35. The van der Waals surface area contributed by atoms with Gasteiger partial charge in [0.15, 0.2) is 0 Å². The van der Waals surface area contributed by atoms with Gasteiger partial charge < -0.3 is 10.2 Å². The predicted octanol–water partition coefficient (Wildman–Crippen LogP) is 2.09. The van der Waals surface area contributed by atoms with Crippen molar-refractivity contribution in [1.29, 1.82) is 0 Å². The summed E-state index contributed by atoms with van der Waals surface area (Å²) < 4.78 is 0. The van der Waals surface area contributed by atoms with Gasteiger partial charge in [-0.05, 0) is 32.3 Å². The predicted molar refractivity (Wildman–Crippen MR) is 77.7 cm³/mol. The van der Waals surface area contributed by atoms with Crippen LogP contribution in [0, 0.1) is 6.92 Å². The quantitative estimate of drug-likeness (QED) is 0.893. The van der Waals surface area contributed by atoms with Gasteiger partial charge in [-0.1, -0.05) is 6.42 Å². The molecule has 1 aromatic rings. The highest BCUT2D eigenvalue weighted by atomic mass is 16.2. The van der Waals surface area contributed by atoms with Crippen LogP contribution in [0.4, 0.5) is 5.95 Å². The molecule has 1 aromatic heterocycles. The van der Waals surface area contributed by atoms with Crippen LogP contribution in [0.1, 0.15) is 49.4 Å². The van der Waals surface area contributed by atoms with Gasteiger partial charge in [0.05, 0.1) is 0 Å². The minimum absolute atomic E-state index is 0.270. The minimum atomic E-state index is 0.270. The molecule has 1 saturated heterocycles. The first-order chi connectivity index (χ1) is 9.72. The summed E-state index contributed by atoms with van der Waals surface area (Å²) in [5.74, 6) is 1.60. The Hall–Kier alpha value is -1.65. The molecule has 20 heavy (non-hydrogen) atoms. The number of rotatable bonds is 5. The van der Waals surface area contributed by atoms with Crippen LogP contribution in [0.15, 0.2) is 6.07 Å². The number of anilines is 1. The van der Waals surface area contributed by atoms with Crippen LogP contribution in [0.5, 0.6) is 0 Å². The lowest BCUT2D eigenvalue weighted by atomic mass is 9.83. The summed E-state index contributed by atoms with van der Waals surface area (Å²) in [7, 11) is 0. The Morgan fingerprint density at radius 3 is 2.85 bits per heavy atom. The maximum atomic E-state index is 11.5. The maximum absolute atomic E-state index is 11.5. The lowest BCUT2D eigenvalue weighted by molar-refractivity contribution is -0.127. The molecule has 0 bridgehead atoms. The van der Waals surface area contributed by atoms with Crippen LogP contribution >= 0.6 is 0 Å². The normalized spacial score (nSPS) is 19.2. The number of aromatic nitrogens is 2. The molecule has 0 radical (unpaired) electrons. The summed E-state index contributed by atoms with van der Waals surface area (Å²) in [6.45, 7) is 4.37. The fourth-order valence-corrected chi connectivity index (χ4v) is 2.83. The Kier molecular flexibility index (Phi) is 3.85. The Morgan fingerprint density at radius 1 is 1.35 bits per heavy atom. The van der Waals surface area contributed by atoms with Crippen molar-refractivity contribution >= 4 is 11.9 Å². The minimum Gasteiger partial charge on any atom is -0.352 e. The van der Waals surface area contributed by atoms with E-state index in [1.54, 1.807) is 0 Å². The van der Waals surface area contributed by atoms with Crippen LogP contribution in [0.25, 0.3) is 0 Å². The number of likely N-dealkylation sites (tertiary alicyclic amines) is 1. The summed E-state index contributed by atoms with van der Waals surface area (Å²) >= 11 is 0. The number of nitrogens with zero attached hydrogens (tertiary/aromatic N) is 3. The number of amides is 1. The molecular weight excluding hydrogens is 252 g/mol. The second kappa shape index (κ2) is 5.77. The van der Waals surface area contributed by atoms with Crippen molar-refractivity contribution in [2.24, 2.45) is 0 Å². The number of carbonyl (C=O) groups excluding carboxylic acids is 1. The average Bonchev–Trinajstić information content (AvgIpc) is 2.72. The SMILES string of the molecule is Cc1cc(C2CCC2)nc(NCCN2CCCC2=O)n1. The second-order valence-corrected chi connectivity index (χ2v) is 5.80. The first kappa shape index (κ1) is 13.3. The Bertz CT molecular complexity index is 499. The molecule has 2 aliphatic rings. The fourth-order valence-electron chi connectivity index (χ4n) is 2.83. The molecule has 0 atom stereocenters. The van der Waals surface area contributed by atoms with Gasteiger partial charge in [-0.15, -0.1) is 0 Å². The molecule has 2 heterocycles. The van der Waals surface area contributed by atoms with Gasteiger partial charge >= 0.3 is 0 Å². The monoisotopic (exact) mass is 274 g/mol.